The quantitative estimate of drug-likeness (QED) is 0.0848. The van der Waals surface area contributed by atoms with Gasteiger partial charge in [-0.15, -0.1) is 0 Å². The van der Waals surface area contributed by atoms with Crippen LogP contribution in [0.2, 0.25) is 0 Å². The molecule has 17 nitrogen and oxygen atoms in total. The third-order valence-electron chi connectivity index (χ3n) is 15.3. The zero-order valence-corrected chi connectivity index (χ0v) is 45.1. The molecule has 15 atom stereocenters. The van der Waals surface area contributed by atoms with E-state index < -0.39 is 93.9 Å². The number of methoxy groups -OCH3 is 2. The average Bonchev–Trinajstić information content (AvgIpc) is 3.33. The number of carbonyl (C=O) groups is 5. The number of carbonyl (C=O) groups excluding carboxylic acids is 5. The summed E-state index contributed by atoms with van der Waals surface area (Å²) in [6.07, 6.45) is 10.6. The van der Waals surface area contributed by atoms with Gasteiger partial charge < -0.3 is 43.9 Å². The number of esters is 1. The molecular formula is C54H86N2O15S. The zero-order chi connectivity index (χ0) is 53.5. The van der Waals surface area contributed by atoms with Crippen LogP contribution in [0.3, 0.4) is 0 Å². The minimum absolute atomic E-state index is 0.0393. The topological polar surface area (TPSA) is 256 Å². The minimum atomic E-state index is -3.66. The SMILES string of the molecule is CO[C@@H]1C[C@H](C[C@@H](C)[C@@H]2CC(=O)[C@H](C)/C=C(\C)[C@@H](O)[C@@H](OC)C(=O)[C@H](C)C[C@H](C)/C=C/C=C/C=C(\C)[C@@H](OCCCCS(N)(=O)=O)C[C@@H]3CC[C@@H](C)[C@@](O)(O3)C(=O)C(=O)N3CCCC[C@H]3C(=O)O2)CC[C@H]1O. The molecule has 0 aromatic carbocycles. The number of aliphatic hydroxyl groups excluding tert-OH is 2. The van der Waals surface area contributed by atoms with Crippen LogP contribution in [0, 0.1) is 35.5 Å². The number of primary sulfonamides is 1. The number of hydrogen-bond donors (Lipinski definition) is 4. The summed E-state index contributed by atoms with van der Waals surface area (Å²) in [5.41, 5.74) is 1.14. The van der Waals surface area contributed by atoms with E-state index in [-0.39, 0.29) is 80.0 Å². The molecule has 1 amide bonds. The number of cyclic esters (lactones) is 1. The number of piperidine rings is 1. The molecule has 5 N–H and O–H groups in total. The molecule has 2 bridgehead atoms. The standard InChI is InChI=1S/C54H86N2O15S/c1-33-17-11-10-12-18-34(2)45(69-25-15-16-26-72(55,65)66)31-41-22-20-39(7)54(64,71-41)51(61)52(62)56-24-14-13-19-42(56)53(63)70-46(36(4)29-40-21-23-43(57)47(30-40)67-8)32-44(58)35(3)28-38(6)49(60)50(68-9)48(59)37(5)27-33/h10-12,17-18,28,33,35-37,39-43,45-47,49-50,57,60,64H,13-16,19-27,29-32H2,1-9H3,(H2,55,65,66)/b12-10+,17-11+,34-18+,38-28+/t33-,35-,36-,37-,39-,40+,41+,42+,43-,45+,46+,47-,49-,50+,54-/m1/s1. The molecule has 4 aliphatic rings. The normalized spacial score (nSPS) is 37.9. The average molecular weight is 1040 g/mol. The van der Waals surface area contributed by atoms with Crippen molar-refractivity contribution in [2.45, 2.75) is 193 Å². The molecule has 0 unspecified atom stereocenters. The van der Waals surface area contributed by atoms with Crippen molar-refractivity contribution in [1.82, 2.24) is 4.90 Å². The number of sulfonamides is 1. The highest BCUT2D eigenvalue weighted by molar-refractivity contribution is 7.89. The summed E-state index contributed by atoms with van der Waals surface area (Å²) in [6, 6.07) is -1.19. The van der Waals surface area contributed by atoms with E-state index in [1.165, 1.54) is 7.11 Å². The van der Waals surface area contributed by atoms with Crippen LogP contribution in [-0.4, -0.2) is 146 Å². The lowest BCUT2D eigenvalue weighted by Gasteiger charge is -2.43. The molecule has 2 saturated heterocycles. The lowest BCUT2D eigenvalue weighted by Crippen LogP contribution is -2.61. The fourth-order valence-electron chi connectivity index (χ4n) is 10.7. The molecule has 0 aromatic heterocycles. The van der Waals surface area contributed by atoms with Crippen LogP contribution >= 0.6 is 0 Å². The van der Waals surface area contributed by atoms with Crippen LogP contribution in [0.4, 0.5) is 0 Å². The van der Waals surface area contributed by atoms with Gasteiger partial charge in [0, 0.05) is 58.0 Å². The first-order valence-electron chi connectivity index (χ1n) is 26.2. The van der Waals surface area contributed by atoms with E-state index in [0.717, 1.165) is 10.5 Å². The number of aliphatic hydroxyl groups is 3. The number of ketones is 3. The first kappa shape index (κ1) is 61.1. The number of nitrogens with two attached hydrogens (primary N) is 1. The van der Waals surface area contributed by atoms with E-state index in [0.29, 0.717) is 69.8 Å². The molecule has 4 rings (SSSR count). The van der Waals surface area contributed by atoms with Gasteiger partial charge in [-0.3, -0.25) is 19.2 Å². The van der Waals surface area contributed by atoms with Crippen molar-refractivity contribution in [2.24, 2.45) is 40.6 Å². The third kappa shape index (κ3) is 17.6. The van der Waals surface area contributed by atoms with Gasteiger partial charge >= 0.3 is 5.97 Å². The largest absolute Gasteiger partial charge is 0.460 e. The molecule has 0 aromatic rings. The second kappa shape index (κ2) is 28.4. The van der Waals surface area contributed by atoms with Crippen molar-refractivity contribution in [1.29, 1.82) is 0 Å². The van der Waals surface area contributed by atoms with Gasteiger partial charge in [0.05, 0.1) is 30.2 Å². The summed E-state index contributed by atoms with van der Waals surface area (Å²) in [6.45, 7) is 12.7. The van der Waals surface area contributed by atoms with Gasteiger partial charge in [0.1, 0.15) is 30.1 Å². The predicted octanol–water partition coefficient (Wildman–Crippen LogP) is 5.62. The molecule has 0 spiro atoms. The highest BCUT2D eigenvalue weighted by Crippen LogP contribution is 2.38. The smallest absolute Gasteiger partial charge is 0.329 e. The highest BCUT2D eigenvalue weighted by atomic mass is 32.2. The van der Waals surface area contributed by atoms with Crippen LogP contribution in [-0.2, 0) is 57.7 Å². The van der Waals surface area contributed by atoms with E-state index in [1.54, 1.807) is 40.9 Å². The van der Waals surface area contributed by atoms with Crippen molar-refractivity contribution in [3.8, 4) is 0 Å². The van der Waals surface area contributed by atoms with Crippen LogP contribution in [0.25, 0.3) is 0 Å². The van der Waals surface area contributed by atoms with Gasteiger partial charge in [0.2, 0.25) is 15.8 Å². The summed E-state index contributed by atoms with van der Waals surface area (Å²) in [7, 11) is -0.744. The van der Waals surface area contributed by atoms with Crippen molar-refractivity contribution in [3.63, 3.8) is 0 Å². The Labute approximate surface area is 428 Å². The minimum Gasteiger partial charge on any atom is -0.460 e. The monoisotopic (exact) mass is 1030 g/mol. The summed E-state index contributed by atoms with van der Waals surface area (Å²) in [5, 5.41) is 39.3. The summed E-state index contributed by atoms with van der Waals surface area (Å²) in [5.74, 6) is -8.73. The molecule has 18 heteroatoms. The maximum atomic E-state index is 14.5. The predicted molar refractivity (Wildman–Crippen MR) is 271 cm³/mol. The molecule has 3 heterocycles. The van der Waals surface area contributed by atoms with Crippen molar-refractivity contribution in [2.75, 3.05) is 33.1 Å². The number of amides is 1. The fourth-order valence-corrected chi connectivity index (χ4v) is 11.3. The van der Waals surface area contributed by atoms with E-state index in [2.05, 4.69) is 0 Å². The number of hydrogen-bond acceptors (Lipinski definition) is 15. The van der Waals surface area contributed by atoms with Crippen molar-refractivity contribution in [3.05, 3.63) is 47.6 Å². The van der Waals surface area contributed by atoms with Gasteiger partial charge in [0.25, 0.3) is 11.7 Å². The van der Waals surface area contributed by atoms with Crippen LogP contribution in [0.15, 0.2) is 47.6 Å². The molecular weight excluding hydrogens is 949 g/mol. The lowest BCUT2D eigenvalue weighted by atomic mass is 9.78. The summed E-state index contributed by atoms with van der Waals surface area (Å²) >= 11 is 0. The van der Waals surface area contributed by atoms with E-state index >= 15 is 0 Å². The molecule has 1 aliphatic carbocycles. The molecule has 408 valence electrons. The van der Waals surface area contributed by atoms with Crippen LogP contribution < -0.4 is 5.14 Å². The number of Topliss-reactive ketones (excluding diaryl/α,β-unsaturated/α-hetero) is 3. The van der Waals surface area contributed by atoms with Gasteiger partial charge in [-0.05, 0) is 120 Å². The zero-order valence-electron chi connectivity index (χ0n) is 44.2. The molecule has 0 radical (unpaired) electrons. The lowest BCUT2D eigenvalue weighted by molar-refractivity contribution is -0.266. The number of nitrogens with zero attached hydrogens (tertiary/aromatic N) is 1. The first-order chi connectivity index (χ1) is 33.9. The van der Waals surface area contributed by atoms with Gasteiger partial charge in [-0.1, -0.05) is 71.1 Å². The Balaban J connectivity index is 1.71. The second-order valence-electron chi connectivity index (χ2n) is 21.3. The van der Waals surface area contributed by atoms with Gasteiger partial charge in [-0.2, -0.15) is 0 Å². The number of fused-ring (bicyclic) bond motifs is 3. The third-order valence-corrected chi connectivity index (χ3v) is 16.2. The Morgan fingerprint density at radius 3 is 2.29 bits per heavy atom. The fraction of sp³-hybridized carbons (Fsp3) is 0.759. The van der Waals surface area contributed by atoms with E-state index in [9.17, 15) is 47.7 Å². The number of ether oxygens (including phenoxy) is 5. The van der Waals surface area contributed by atoms with E-state index in [4.69, 9.17) is 28.8 Å². The Morgan fingerprint density at radius 1 is 0.889 bits per heavy atom. The Morgan fingerprint density at radius 2 is 1.61 bits per heavy atom. The van der Waals surface area contributed by atoms with E-state index in [1.807, 2.05) is 51.2 Å². The maximum absolute atomic E-state index is 14.5. The maximum Gasteiger partial charge on any atom is 0.329 e. The highest BCUT2D eigenvalue weighted by Gasteiger charge is 2.53. The van der Waals surface area contributed by atoms with Crippen molar-refractivity contribution < 1.29 is 71.4 Å². The number of rotatable bonds is 11. The van der Waals surface area contributed by atoms with Gasteiger partial charge in [0.15, 0.2) is 5.78 Å². The number of unbranched alkanes of at least 4 members (excludes halogenated alkanes) is 1. The van der Waals surface area contributed by atoms with Crippen LogP contribution in [0.5, 0.6) is 0 Å². The molecule has 3 fully saturated rings. The summed E-state index contributed by atoms with van der Waals surface area (Å²) < 4.78 is 53.1. The Bertz CT molecular complexity index is 2070. The number of allylic oxidation sites excluding steroid dienone is 6. The molecule has 72 heavy (non-hydrogen) atoms. The molecule has 3 aliphatic heterocycles. The summed E-state index contributed by atoms with van der Waals surface area (Å²) in [4.78, 5) is 72.4. The van der Waals surface area contributed by atoms with Crippen molar-refractivity contribution >= 4 is 39.2 Å². The van der Waals surface area contributed by atoms with Crippen LogP contribution in [0.1, 0.15) is 138 Å². The Hall–Kier alpha value is -3.46. The second-order valence-corrected chi connectivity index (χ2v) is 23.0. The first-order valence-corrected chi connectivity index (χ1v) is 27.9. The van der Waals surface area contributed by atoms with Gasteiger partial charge in [-0.25, -0.2) is 18.4 Å². The molecule has 1 saturated carbocycles. The Kier molecular flexibility index (Phi) is 24.1.